The van der Waals surface area contributed by atoms with E-state index in [1.165, 1.54) is 6.08 Å². The number of hydrogen-bond acceptors (Lipinski definition) is 3. The largest absolute Gasteiger partial charge is 0.481 e. The van der Waals surface area contributed by atoms with Crippen LogP contribution in [0.5, 0.6) is 0 Å². The number of unbranched alkanes of at least 4 members (excludes halogenated alkanes) is 2. The maximum Gasteiger partial charge on any atom is 0.303 e. The Kier molecular flexibility index (Phi) is 12.0. The summed E-state index contributed by atoms with van der Waals surface area (Å²) in [5.74, 6) is -0.774. The van der Waals surface area contributed by atoms with E-state index in [1.807, 2.05) is 0 Å². The quantitative estimate of drug-likeness (QED) is 0.433. The van der Waals surface area contributed by atoms with Crippen LogP contribution in [0.3, 0.4) is 0 Å². The predicted octanol–water partition coefficient (Wildman–Crippen LogP) is 1.55. The summed E-state index contributed by atoms with van der Waals surface area (Å²) in [5, 5.41) is 8.23. The van der Waals surface area contributed by atoms with Gasteiger partial charge >= 0.3 is 5.97 Å². The highest BCUT2D eigenvalue weighted by molar-refractivity contribution is 8.93. The van der Waals surface area contributed by atoms with Crippen LogP contribution in [0.25, 0.3) is 0 Å². The fraction of sp³-hybridized carbons (Fsp3) is 0.714. The van der Waals surface area contributed by atoms with Gasteiger partial charge in [-0.2, -0.15) is 0 Å². The van der Waals surface area contributed by atoms with Gasteiger partial charge in [-0.3, -0.25) is 4.79 Å². The van der Waals surface area contributed by atoms with Crippen molar-refractivity contribution >= 4 is 29.0 Å². The van der Waals surface area contributed by atoms with Crippen molar-refractivity contribution in [1.82, 2.24) is 0 Å². The molecule has 0 aliphatic rings. The Labute approximate surface area is 81.5 Å². The monoisotopic (exact) mass is 237 g/mol. The molecule has 0 aromatic carbocycles. The molecule has 0 heterocycles. The second kappa shape index (κ2) is 10.3. The van der Waals surface area contributed by atoms with Gasteiger partial charge < -0.3 is 5.11 Å². The Morgan fingerprint density at radius 3 is 2.50 bits per heavy atom. The third-order valence-corrected chi connectivity index (χ3v) is 1.23. The van der Waals surface area contributed by atoms with Gasteiger partial charge in [0.05, 0.1) is 6.54 Å². The summed E-state index contributed by atoms with van der Waals surface area (Å²) >= 11 is 0. The van der Waals surface area contributed by atoms with Crippen molar-refractivity contribution in [3.8, 4) is 0 Å². The van der Waals surface area contributed by atoms with Crippen molar-refractivity contribution in [3.63, 3.8) is 0 Å². The summed E-state index contributed by atoms with van der Waals surface area (Å²) in [5.41, 5.74) is 0. The molecule has 0 radical (unpaired) electrons. The predicted molar refractivity (Wildman–Crippen MR) is 49.4 cm³/mol. The first kappa shape index (κ1) is 13.9. The molecule has 0 bridgehead atoms. The molecule has 0 aromatic heterocycles. The molecule has 0 aliphatic heterocycles. The summed E-state index contributed by atoms with van der Waals surface area (Å²) in [6.45, 7) is 0.461. The second-order valence-electron chi connectivity index (χ2n) is 2.18. The molecule has 1 N–H and O–H groups in total. The third-order valence-electron chi connectivity index (χ3n) is 1.23. The number of halogens is 1. The first-order valence-electron chi connectivity index (χ1n) is 3.53. The van der Waals surface area contributed by atoms with Crippen LogP contribution in [0.15, 0.2) is 4.99 Å². The minimum absolute atomic E-state index is 0. The van der Waals surface area contributed by atoms with Crippen LogP contribution in [0.1, 0.15) is 25.7 Å². The van der Waals surface area contributed by atoms with Crippen LogP contribution in [0.2, 0.25) is 0 Å². The third kappa shape index (κ3) is 12.0. The molecule has 0 fully saturated rings. The lowest BCUT2D eigenvalue weighted by atomic mass is 10.2. The van der Waals surface area contributed by atoms with E-state index in [9.17, 15) is 9.59 Å². The van der Waals surface area contributed by atoms with Crippen molar-refractivity contribution < 1.29 is 14.7 Å². The highest BCUT2D eigenvalue weighted by Gasteiger charge is 1.94. The van der Waals surface area contributed by atoms with E-state index >= 15 is 0 Å². The Morgan fingerprint density at radius 1 is 1.33 bits per heavy atom. The van der Waals surface area contributed by atoms with E-state index in [-0.39, 0.29) is 23.4 Å². The molecule has 0 unspecified atom stereocenters. The number of aliphatic carboxylic acids is 1. The van der Waals surface area contributed by atoms with Gasteiger partial charge in [-0.05, 0) is 12.8 Å². The Balaban J connectivity index is 0. The van der Waals surface area contributed by atoms with E-state index in [2.05, 4.69) is 4.99 Å². The van der Waals surface area contributed by atoms with Gasteiger partial charge in [0.25, 0.3) is 0 Å². The Bertz CT molecular complexity index is 162. The average molecular weight is 238 g/mol. The van der Waals surface area contributed by atoms with Crippen LogP contribution >= 0.6 is 17.0 Å². The normalized spacial score (nSPS) is 8.00. The number of carbonyl (C=O) groups is 1. The van der Waals surface area contributed by atoms with Crippen molar-refractivity contribution in [2.45, 2.75) is 25.7 Å². The number of isocyanates is 1. The molecule has 0 rings (SSSR count). The number of aliphatic imine (C=N–C) groups is 1. The van der Waals surface area contributed by atoms with Gasteiger partial charge in [-0.15, -0.1) is 17.0 Å². The highest BCUT2D eigenvalue weighted by Crippen LogP contribution is 1.99. The summed E-state index contributed by atoms with van der Waals surface area (Å²) in [4.78, 5) is 22.9. The summed E-state index contributed by atoms with van der Waals surface area (Å²) in [7, 11) is 0. The van der Waals surface area contributed by atoms with E-state index in [0.29, 0.717) is 13.0 Å². The Hall–Kier alpha value is -0.670. The van der Waals surface area contributed by atoms with Crippen molar-refractivity contribution in [2.75, 3.05) is 6.54 Å². The molecule has 4 nitrogen and oxygen atoms in total. The van der Waals surface area contributed by atoms with Gasteiger partial charge in [-0.25, -0.2) is 9.79 Å². The first-order valence-corrected chi connectivity index (χ1v) is 3.53. The summed E-state index contributed by atoms with van der Waals surface area (Å²) in [6.07, 6.45) is 3.85. The molecule has 0 aromatic rings. The zero-order chi connectivity index (χ0) is 8.53. The van der Waals surface area contributed by atoms with Gasteiger partial charge in [0, 0.05) is 6.42 Å². The van der Waals surface area contributed by atoms with Crippen LogP contribution in [0.4, 0.5) is 0 Å². The molecule has 0 amide bonds. The molecular formula is C7H12BrNO3. The number of nitrogens with zero attached hydrogens (tertiary/aromatic N) is 1. The second-order valence-corrected chi connectivity index (χ2v) is 2.18. The number of carboxylic acids is 1. The molecule has 0 atom stereocenters. The van der Waals surface area contributed by atoms with E-state index < -0.39 is 5.97 Å². The molecule has 0 saturated heterocycles. The van der Waals surface area contributed by atoms with Gasteiger partial charge in [0.2, 0.25) is 6.08 Å². The number of hydrogen-bond donors (Lipinski definition) is 1. The fourth-order valence-corrected chi connectivity index (χ4v) is 0.690. The van der Waals surface area contributed by atoms with Crippen molar-refractivity contribution in [1.29, 1.82) is 0 Å². The molecule has 0 saturated carbocycles. The standard InChI is InChI=1S/C7H11NO3.BrH/c9-6-8-5-3-1-2-4-7(10)11;/h1-5H2,(H,10,11);1H. The number of carboxylic acid groups (broad SMARTS) is 1. The molecule has 5 heteroatoms. The molecule has 0 aliphatic carbocycles. The number of carbonyl (C=O) groups excluding carboxylic acids is 1. The lowest BCUT2D eigenvalue weighted by Crippen LogP contribution is -1.93. The SMILES string of the molecule is Br.O=C=NCCCCCC(=O)O. The summed E-state index contributed by atoms with van der Waals surface area (Å²) in [6, 6.07) is 0. The minimum atomic E-state index is -0.774. The van der Waals surface area contributed by atoms with Gasteiger partial charge in [-0.1, -0.05) is 6.42 Å². The first-order chi connectivity index (χ1) is 5.27. The lowest BCUT2D eigenvalue weighted by molar-refractivity contribution is -0.137. The minimum Gasteiger partial charge on any atom is -0.481 e. The average Bonchev–Trinajstić information content (AvgIpc) is 1.96. The van der Waals surface area contributed by atoms with E-state index in [4.69, 9.17) is 5.11 Å². The number of rotatable bonds is 6. The van der Waals surface area contributed by atoms with Gasteiger partial charge in [0.1, 0.15) is 0 Å². The highest BCUT2D eigenvalue weighted by atomic mass is 79.9. The van der Waals surface area contributed by atoms with Gasteiger partial charge in [0.15, 0.2) is 0 Å². The van der Waals surface area contributed by atoms with Crippen LogP contribution < -0.4 is 0 Å². The maximum atomic E-state index is 10.0. The zero-order valence-corrected chi connectivity index (χ0v) is 8.37. The van der Waals surface area contributed by atoms with E-state index in [1.54, 1.807) is 0 Å². The fourth-order valence-electron chi connectivity index (χ4n) is 0.690. The van der Waals surface area contributed by atoms with Crippen LogP contribution in [-0.2, 0) is 9.59 Å². The smallest absolute Gasteiger partial charge is 0.303 e. The topological polar surface area (TPSA) is 66.7 Å². The molecule has 70 valence electrons. The van der Waals surface area contributed by atoms with Crippen molar-refractivity contribution in [3.05, 3.63) is 0 Å². The lowest BCUT2D eigenvalue weighted by Gasteiger charge is -1.92. The summed E-state index contributed by atoms with van der Waals surface area (Å²) < 4.78 is 0. The zero-order valence-electron chi connectivity index (χ0n) is 6.65. The van der Waals surface area contributed by atoms with E-state index in [0.717, 1.165) is 12.8 Å². The van der Waals surface area contributed by atoms with Crippen molar-refractivity contribution in [2.24, 2.45) is 4.99 Å². The molecule has 0 spiro atoms. The molecular weight excluding hydrogens is 226 g/mol. The Morgan fingerprint density at radius 2 is 2.00 bits per heavy atom. The molecule has 12 heavy (non-hydrogen) atoms. The maximum absolute atomic E-state index is 10.0. The van der Waals surface area contributed by atoms with Crippen LogP contribution in [0, 0.1) is 0 Å². The van der Waals surface area contributed by atoms with Crippen LogP contribution in [-0.4, -0.2) is 23.7 Å².